The van der Waals surface area contributed by atoms with Crippen molar-refractivity contribution in [3.63, 3.8) is 0 Å². The van der Waals surface area contributed by atoms with Gasteiger partial charge >= 0.3 is 5.97 Å². The number of halogens is 1. The molecule has 1 unspecified atom stereocenters. The number of hydrogen-bond acceptors (Lipinski definition) is 4. The van der Waals surface area contributed by atoms with Crippen molar-refractivity contribution in [1.82, 2.24) is 9.55 Å². The van der Waals surface area contributed by atoms with Crippen LogP contribution in [0.25, 0.3) is 0 Å². The summed E-state index contributed by atoms with van der Waals surface area (Å²) >= 11 is 7.55. The largest absolute Gasteiger partial charge is 0.456 e. The maximum Gasteiger partial charge on any atom is 0.324 e. The Bertz CT molecular complexity index is 671. The van der Waals surface area contributed by atoms with E-state index < -0.39 is 0 Å². The third kappa shape index (κ3) is 2.94. The highest BCUT2D eigenvalue weighted by atomic mass is 35.5. The molecule has 1 aromatic heterocycles. The number of carbonyl (C=O) groups is 1. The number of fused-ring (bicyclic) bond motifs is 1. The van der Waals surface area contributed by atoms with Gasteiger partial charge in [0.25, 0.3) is 0 Å². The van der Waals surface area contributed by atoms with Gasteiger partial charge < -0.3 is 9.30 Å². The normalized spacial score (nSPS) is 17.3. The molecule has 4 nitrogen and oxygen atoms in total. The molecule has 1 aliphatic heterocycles. The Morgan fingerprint density at radius 2 is 2.33 bits per heavy atom. The molecule has 0 fully saturated rings. The maximum absolute atomic E-state index is 12.3. The van der Waals surface area contributed by atoms with Crippen LogP contribution in [0.4, 0.5) is 0 Å². The third-order valence-electron chi connectivity index (χ3n) is 3.58. The Morgan fingerprint density at radius 3 is 3.10 bits per heavy atom. The Hall–Kier alpha value is -1.46. The van der Waals surface area contributed by atoms with Crippen LogP contribution >= 0.6 is 23.4 Å². The number of ether oxygens (including phenoxy) is 1. The summed E-state index contributed by atoms with van der Waals surface area (Å²) in [5.74, 6) is 1.36. The molecule has 0 aliphatic carbocycles. The number of benzene rings is 1. The van der Waals surface area contributed by atoms with E-state index in [1.807, 2.05) is 18.2 Å². The number of imidazole rings is 1. The van der Waals surface area contributed by atoms with Gasteiger partial charge in [0.2, 0.25) is 0 Å². The van der Waals surface area contributed by atoms with Crippen LogP contribution in [0.3, 0.4) is 0 Å². The first-order valence-corrected chi connectivity index (χ1v) is 8.11. The molecule has 0 saturated heterocycles. The van der Waals surface area contributed by atoms with Crippen LogP contribution in [-0.4, -0.2) is 21.3 Å². The molecular weight excluding hydrogens is 308 g/mol. The van der Waals surface area contributed by atoms with Gasteiger partial charge in [-0.15, -0.1) is 11.8 Å². The van der Waals surface area contributed by atoms with Gasteiger partial charge in [-0.2, -0.15) is 0 Å². The number of carbonyl (C=O) groups excluding carboxylic acids is 1. The molecule has 2 aromatic rings. The fourth-order valence-electron chi connectivity index (χ4n) is 2.36. The van der Waals surface area contributed by atoms with Crippen LogP contribution in [0.1, 0.15) is 22.2 Å². The molecular formula is C15H15ClN2O2S. The second-order valence-electron chi connectivity index (χ2n) is 4.86. The zero-order chi connectivity index (χ0) is 14.8. The number of aromatic nitrogens is 2. The number of nitrogens with zero attached hydrogens (tertiary/aromatic N) is 2. The van der Waals surface area contributed by atoms with E-state index in [-0.39, 0.29) is 17.8 Å². The van der Waals surface area contributed by atoms with E-state index >= 15 is 0 Å². The monoisotopic (exact) mass is 322 g/mol. The molecule has 1 atom stereocenters. The first-order chi connectivity index (χ1) is 10.2. The van der Waals surface area contributed by atoms with Crippen LogP contribution in [0.5, 0.6) is 0 Å². The van der Waals surface area contributed by atoms with Crippen LogP contribution in [0.2, 0.25) is 5.15 Å². The zero-order valence-electron chi connectivity index (χ0n) is 11.6. The number of thioether (sulfide) groups is 1. The fourth-order valence-corrected chi connectivity index (χ4v) is 3.69. The van der Waals surface area contributed by atoms with E-state index in [1.165, 1.54) is 5.56 Å². The maximum atomic E-state index is 12.3. The highest BCUT2D eigenvalue weighted by Gasteiger charge is 2.28. The summed E-state index contributed by atoms with van der Waals surface area (Å²) in [5, 5.41) is 0.282. The lowest BCUT2D eigenvalue weighted by Gasteiger charge is -2.23. The van der Waals surface area contributed by atoms with Crippen molar-refractivity contribution in [1.29, 1.82) is 0 Å². The summed E-state index contributed by atoms with van der Waals surface area (Å²) in [4.78, 5) is 16.5. The number of hydrogen-bond donors (Lipinski definition) is 0. The predicted molar refractivity (Wildman–Crippen MR) is 83.4 cm³/mol. The van der Waals surface area contributed by atoms with Gasteiger partial charge in [-0.05, 0) is 23.3 Å². The highest BCUT2D eigenvalue weighted by molar-refractivity contribution is 8.00. The van der Waals surface area contributed by atoms with Crippen LogP contribution in [-0.2, 0) is 29.6 Å². The Morgan fingerprint density at radius 1 is 1.52 bits per heavy atom. The minimum Gasteiger partial charge on any atom is -0.456 e. The standard InChI is InChI=1S/C15H15ClN2O2S/c1-18-12(16)8-17-13(18)9-20-15(19)14-11-5-3-2-4-10(11)6-7-21-14/h2-5,8,14H,6-7,9H2,1H3. The number of aryl methyl sites for hydroxylation is 1. The van der Waals surface area contributed by atoms with Gasteiger partial charge in [0.15, 0.2) is 0 Å². The van der Waals surface area contributed by atoms with Gasteiger partial charge in [-0.1, -0.05) is 35.9 Å². The van der Waals surface area contributed by atoms with Crippen molar-refractivity contribution in [2.24, 2.45) is 7.05 Å². The number of esters is 1. The van der Waals surface area contributed by atoms with E-state index in [0.717, 1.165) is 17.7 Å². The molecule has 3 rings (SSSR count). The van der Waals surface area contributed by atoms with Crippen LogP contribution in [0.15, 0.2) is 30.5 Å². The average Bonchev–Trinajstić information content (AvgIpc) is 2.84. The number of rotatable bonds is 3. The third-order valence-corrected chi connectivity index (χ3v) is 5.15. The lowest BCUT2D eigenvalue weighted by atomic mass is 10.0. The average molecular weight is 323 g/mol. The summed E-state index contributed by atoms with van der Waals surface area (Å²) in [5.41, 5.74) is 2.30. The Kier molecular flexibility index (Phi) is 4.22. The van der Waals surface area contributed by atoms with Gasteiger partial charge in [0.05, 0.1) is 6.20 Å². The molecule has 0 radical (unpaired) electrons. The molecule has 0 bridgehead atoms. The van der Waals surface area contributed by atoms with E-state index in [2.05, 4.69) is 11.1 Å². The highest BCUT2D eigenvalue weighted by Crippen LogP contribution is 2.37. The topological polar surface area (TPSA) is 44.1 Å². The molecule has 0 amide bonds. The molecule has 21 heavy (non-hydrogen) atoms. The second kappa shape index (κ2) is 6.12. The van der Waals surface area contributed by atoms with Crippen molar-refractivity contribution >= 4 is 29.3 Å². The second-order valence-corrected chi connectivity index (χ2v) is 6.46. The van der Waals surface area contributed by atoms with E-state index in [9.17, 15) is 4.79 Å². The van der Waals surface area contributed by atoms with Crippen LogP contribution in [0, 0.1) is 0 Å². The SMILES string of the molecule is Cn1c(Cl)cnc1COC(=O)C1SCCc2ccccc21. The van der Waals surface area contributed by atoms with Crippen molar-refractivity contribution in [3.8, 4) is 0 Å². The smallest absolute Gasteiger partial charge is 0.324 e. The lowest BCUT2D eigenvalue weighted by Crippen LogP contribution is -2.19. The van der Waals surface area contributed by atoms with Crippen molar-refractivity contribution in [3.05, 3.63) is 52.6 Å². The first-order valence-electron chi connectivity index (χ1n) is 6.69. The van der Waals surface area contributed by atoms with Gasteiger partial charge in [-0.25, -0.2) is 4.98 Å². The molecule has 0 N–H and O–H groups in total. The van der Waals surface area contributed by atoms with Gasteiger partial charge in [0.1, 0.15) is 22.8 Å². The van der Waals surface area contributed by atoms with Gasteiger partial charge in [0, 0.05) is 7.05 Å². The molecule has 2 heterocycles. The van der Waals surface area contributed by atoms with E-state index in [4.69, 9.17) is 16.3 Å². The Balaban J connectivity index is 1.71. The van der Waals surface area contributed by atoms with E-state index in [1.54, 1.807) is 29.6 Å². The summed E-state index contributed by atoms with van der Waals surface area (Å²) in [7, 11) is 1.79. The summed E-state index contributed by atoms with van der Waals surface area (Å²) in [6, 6.07) is 8.05. The lowest BCUT2D eigenvalue weighted by molar-refractivity contribution is -0.144. The molecule has 1 aliphatic rings. The predicted octanol–water partition coefficient (Wildman–Crippen LogP) is 3.15. The van der Waals surface area contributed by atoms with Crippen LogP contribution < -0.4 is 0 Å². The minimum atomic E-state index is -0.245. The zero-order valence-corrected chi connectivity index (χ0v) is 13.2. The van der Waals surface area contributed by atoms with Crippen molar-refractivity contribution in [2.75, 3.05) is 5.75 Å². The molecule has 1 aromatic carbocycles. The molecule has 0 saturated carbocycles. The minimum absolute atomic E-state index is 0.140. The quantitative estimate of drug-likeness (QED) is 0.814. The van der Waals surface area contributed by atoms with Crippen molar-refractivity contribution in [2.45, 2.75) is 18.3 Å². The summed E-state index contributed by atoms with van der Waals surface area (Å²) in [6.45, 7) is 0.140. The fraction of sp³-hybridized carbons (Fsp3) is 0.333. The summed E-state index contributed by atoms with van der Waals surface area (Å²) in [6.07, 6.45) is 2.55. The molecule has 110 valence electrons. The first kappa shape index (κ1) is 14.5. The van der Waals surface area contributed by atoms with Crippen molar-refractivity contribution < 1.29 is 9.53 Å². The Labute approximate surface area is 132 Å². The molecule has 0 spiro atoms. The van der Waals surface area contributed by atoms with Gasteiger partial charge in [-0.3, -0.25) is 4.79 Å². The summed E-state index contributed by atoms with van der Waals surface area (Å²) < 4.78 is 7.12. The van der Waals surface area contributed by atoms with E-state index in [0.29, 0.717) is 11.0 Å². The molecule has 6 heteroatoms.